The van der Waals surface area contributed by atoms with Crippen LogP contribution in [0.4, 0.5) is 0 Å². The molecule has 0 aliphatic carbocycles. The Hall–Kier alpha value is -3.29. The molecule has 0 fully saturated rings. The molecule has 2 aromatic carbocycles. The minimum Gasteiger partial charge on any atom is -0.508 e. The number of H-pyrrole nitrogens is 2. The maximum atomic E-state index is 10.6. The van der Waals surface area contributed by atoms with Crippen molar-refractivity contribution < 1.29 is 15.0 Å². The van der Waals surface area contributed by atoms with Gasteiger partial charge in [-0.15, -0.1) is 0 Å². The number of nitrogens with two attached hydrogens (primary N) is 2. The molecule has 0 spiro atoms. The Kier molecular flexibility index (Phi) is 5.98. The van der Waals surface area contributed by atoms with Gasteiger partial charge in [-0.05, 0) is 48.4 Å². The monoisotopic (exact) mass is 380 g/mol. The van der Waals surface area contributed by atoms with Crippen LogP contribution >= 0.6 is 0 Å². The molecular weight excluding hydrogens is 356 g/mol. The summed E-state index contributed by atoms with van der Waals surface area (Å²) in [6.07, 6.45) is 4.94. The lowest BCUT2D eigenvalue weighted by Crippen LogP contribution is -2.32. The first-order valence-corrected chi connectivity index (χ1v) is 9.02. The number of carboxylic acid groups (broad SMARTS) is 1. The van der Waals surface area contributed by atoms with E-state index in [1.807, 2.05) is 42.7 Å². The SMILES string of the molecule is NC(Cc1c[nH]c2ccccc12)C(=O)O.NCCc1c[nH]c2ccc(O)cc12. The van der Waals surface area contributed by atoms with Gasteiger partial charge >= 0.3 is 5.97 Å². The molecule has 2 heterocycles. The lowest BCUT2D eigenvalue weighted by Gasteiger charge is -2.04. The maximum Gasteiger partial charge on any atom is 0.320 e. The third-order valence-electron chi connectivity index (χ3n) is 4.60. The molecule has 4 aromatic rings. The predicted octanol–water partition coefficient (Wildman–Crippen LogP) is 2.50. The maximum absolute atomic E-state index is 10.6. The molecule has 7 heteroatoms. The molecule has 0 aliphatic heterocycles. The van der Waals surface area contributed by atoms with Crippen molar-refractivity contribution >= 4 is 27.8 Å². The van der Waals surface area contributed by atoms with Gasteiger partial charge in [-0.25, -0.2) is 0 Å². The molecule has 4 rings (SSSR count). The standard InChI is InChI=1S/C11H12N2O2.C10H12N2O/c12-9(11(14)15)5-7-6-13-10-4-2-1-3-8(7)10;11-4-3-7-6-12-10-2-1-8(13)5-9(7)10/h1-4,6,9,13H,5,12H2,(H,14,15);1-2,5-6,12-13H,3-4,11H2. The van der Waals surface area contributed by atoms with Gasteiger partial charge in [0, 0.05) is 40.6 Å². The van der Waals surface area contributed by atoms with E-state index in [0.717, 1.165) is 39.4 Å². The fourth-order valence-corrected chi connectivity index (χ4v) is 3.15. The molecular formula is C21H24N4O3. The molecule has 146 valence electrons. The molecule has 0 bridgehead atoms. The van der Waals surface area contributed by atoms with Crippen molar-refractivity contribution in [2.75, 3.05) is 6.54 Å². The van der Waals surface area contributed by atoms with Crippen molar-refractivity contribution in [3.63, 3.8) is 0 Å². The zero-order valence-electron chi connectivity index (χ0n) is 15.4. The second-order valence-electron chi connectivity index (χ2n) is 6.59. The summed E-state index contributed by atoms with van der Waals surface area (Å²) in [5, 5.41) is 20.1. The fourth-order valence-electron chi connectivity index (χ4n) is 3.15. The van der Waals surface area contributed by atoms with Crippen LogP contribution in [0, 0.1) is 0 Å². The molecule has 0 aliphatic rings. The van der Waals surface area contributed by atoms with Crippen LogP contribution in [0.5, 0.6) is 5.75 Å². The number of carbonyl (C=O) groups is 1. The van der Waals surface area contributed by atoms with E-state index in [9.17, 15) is 9.90 Å². The number of nitrogens with one attached hydrogen (secondary N) is 2. The van der Waals surface area contributed by atoms with Gasteiger partial charge < -0.3 is 31.6 Å². The average Bonchev–Trinajstić information content (AvgIpc) is 3.27. The van der Waals surface area contributed by atoms with Gasteiger partial charge in [0.05, 0.1) is 0 Å². The van der Waals surface area contributed by atoms with E-state index in [1.165, 1.54) is 0 Å². The Morgan fingerprint density at radius 2 is 1.68 bits per heavy atom. The number of aromatic nitrogens is 2. The highest BCUT2D eigenvalue weighted by atomic mass is 16.4. The molecule has 2 aromatic heterocycles. The molecule has 1 unspecified atom stereocenters. The highest BCUT2D eigenvalue weighted by Gasteiger charge is 2.14. The first kappa shape index (κ1) is 19.5. The van der Waals surface area contributed by atoms with E-state index in [-0.39, 0.29) is 0 Å². The Morgan fingerprint density at radius 3 is 2.39 bits per heavy atom. The molecule has 0 amide bonds. The van der Waals surface area contributed by atoms with Crippen LogP contribution in [-0.2, 0) is 17.6 Å². The summed E-state index contributed by atoms with van der Waals surface area (Å²) in [6.45, 7) is 0.628. The van der Waals surface area contributed by atoms with Gasteiger partial charge in [0.25, 0.3) is 0 Å². The van der Waals surface area contributed by atoms with Crippen molar-refractivity contribution in [3.05, 3.63) is 66.0 Å². The van der Waals surface area contributed by atoms with Gasteiger partial charge in [-0.2, -0.15) is 0 Å². The highest BCUT2D eigenvalue weighted by molar-refractivity contribution is 5.85. The van der Waals surface area contributed by atoms with E-state index in [1.54, 1.807) is 12.1 Å². The summed E-state index contributed by atoms with van der Waals surface area (Å²) in [7, 11) is 0. The van der Waals surface area contributed by atoms with E-state index in [4.69, 9.17) is 16.6 Å². The number of carboxylic acids is 1. The zero-order valence-corrected chi connectivity index (χ0v) is 15.4. The molecule has 28 heavy (non-hydrogen) atoms. The van der Waals surface area contributed by atoms with E-state index >= 15 is 0 Å². The molecule has 7 nitrogen and oxygen atoms in total. The van der Waals surface area contributed by atoms with Gasteiger partial charge in [-0.3, -0.25) is 4.79 Å². The van der Waals surface area contributed by atoms with Crippen LogP contribution in [0.3, 0.4) is 0 Å². The average molecular weight is 380 g/mol. The van der Waals surface area contributed by atoms with Gasteiger partial charge in [0.2, 0.25) is 0 Å². The van der Waals surface area contributed by atoms with Crippen LogP contribution in [0.15, 0.2) is 54.9 Å². The summed E-state index contributed by atoms with van der Waals surface area (Å²) in [5.41, 5.74) is 15.1. The topological polar surface area (TPSA) is 141 Å². The summed E-state index contributed by atoms with van der Waals surface area (Å²) in [6, 6.07) is 12.2. The van der Waals surface area contributed by atoms with Crippen LogP contribution < -0.4 is 11.5 Å². The number of para-hydroxylation sites is 1. The van der Waals surface area contributed by atoms with Crippen molar-refractivity contribution in [2.45, 2.75) is 18.9 Å². The number of phenolic OH excluding ortho intramolecular Hbond substituents is 1. The first-order valence-electron chi connectivity index (χ1n) is 9.02. The fraction of sp³-hybridized carbons (Fsp3) is 0.190. The molecule has 0 saturated carbocycles. The van der Waals surface area contributed by atoms with Gasteiger partial charge in [0.15, 0.2) is 0 Å². The first-order chi connectivity index (χ1) is 13.5. The van der Waals surface area contributed by atoms with Crippen molar-refractivity contribution in [2.24, 2.45) is 11.5 Å². The Balaban J connectivity index is 0.000000162. The van der Waals surface area contributed by atoms with Crippen LogP contribution in [-0.4, -0.2) is 38.7 Å². The highest BCUT2D eigenvalue weighted by Crippen LogP contribution is 2.23. The lowest BCUT2D eigenvalue weighted by atomic mass is 10.1. The Bertz CT molecular complexity index is 1080. The Morgan fingerprint density at radius 1 is 1.00 bits per heavy atom. The number of hydrogen-bond acceptors (Lipinski definition) is 4. The number of aromatic amines is 2. The number of rotatable bonds is 5. The summed E-state index contributed by atoms with van der Waals surface area (Å²) in [4.78, 5) is 16.8. The van der Waals surface area contributed by atoms with Gasteiger partial charge in [0.1, 0.15) is 11.8 Å². The molecule has 1 atom stereocenters. The third kappa shape index (κ3) is 4.33. The predicted molar refractivity (Wildman–Crippen MR) is 110 cm³/mol. The third-order valence-corrected chi connectivity index (χ3v) is 4.60. The zero-order chi connectivity index (χ0) is 20.1. The number of hydrogen-bond donors (Lipinski definition) is 6. The largest absolute Gasteiger partial charge is 0.508 e. The van der Waals surface area contributed by atoms with E-state index in [0.29, 0.717) is 18.7 Å². The number of phenols is 1. The molecule has 0 radical (unpaired) electrons. The number of fused-ring (bicyclic) bond motifs is 2. The number of aliphatic carboxylic acids is 1. The summed E-state index contributed by atoms with van der Waals surface area (Å²) in [5.74, 6) is -0.675. The minimum atomic E-state index is -0.972. The second-order valence-corrected chi connectivity index (χ2v) is 6.59. The minimum absolute atomic E-state index is 0.297. The van der Waals surface area contributed by atoms with Crippen molar-refractivity contribution in [1.82, 2.24) is 9.97 Å². The second kappa shape index (κ2) is 8.60. The normalized spacial score (nSPS) is 11.9. The van der Waals surface area contributed by atoms with Gasteiger partial charge in [-0.1, -0.05) is 18.2 Å². The molecule has 8 N–H and O–H groups in total. The number of benzene rings is 2. The molecule has 0 saturated heterocycles. The van der Waals surface area contributed by atoms with Crippen molar-refractivity contribution in [1.29, 1.82) is 0 Å². The van der Waals surface area contributed by atoms with Crippen LogP contribution in [0.25, 0.3) is 21.8 Å². The van der Waals surface area contributed by atoms with Crippen molar-refractivity contribution in [3.8, 4) is 5.75 Å². The smallest absolute Gasteiger partial charge is 0.320 e. The summed E-state index contributed by atoms with van der Waals surface area (Å²) >= 11 is 0. The lowest BCUT2D eigenvalue weighted by molar-refractivity contribution is -0.138. The quantitative estimate of drug-likeness (QED) is 0.315. The Labute approximate surface area is 162 Å². The van der Waals surface area contributed by atoms with Crippen LogP contribution in [0.2, 0.25) is 0 Å². The summed E-state index contributed by atoms with van der Waals surface area (Å²) < 4.78 is 0. The van der Waals surface area contributed by atoms with E-state index < -0.39 is 12.0 Å². The van der Waals surface area contributed by atoms with Crippen LogP contribution in [0.1, 0.15) is 11.1 Å². The number of aromatic hydroxyl groups is 1. The van der Waals surface area contributed by atoms with E-state index in [2.05, 4.69) is 9.97 Å².